The Balaban J connectivity index is 2.79. The van der Waals surface area contributed by atoms with E-state index in [4.69, 9.17) is 4.74 Å². The molecular formula is C13H16F3NO2. The van der Waals surface area contributed by atoms with Crippen LogP contribution >= 0.6 is 0 Å². The fourth-order valence-corrected chi connectivity index (χ4v) is 1.53. The van der Waals surface area contributed by atoms with Crippen LogP contribution in [0.2, 0.25) is 0 Å². The molecule has 1 aromatic carbocycles. The monoisotopic (exact) mass is 275 g/mol. The Hall–Kier alpha value is -1.56. The van der Waals surface area contributed by atoms with Gasteiger partial charge in [0.25, 0.3) is 0 Å². The highest BCUT2D eigenvalue weighted by Crippen LogP contribution is 2.36. The van der Waals surface area contributed by atoms with Gasteiger partial charge in [0, 0.05) is 12.1 Å². The third kappa shape index (κ3) is 4.90. The quantitative estimate of drug-likeness (QED) is 0.590. The summed E-state index contributed by atoms with van der Waals surface area (Å²) in [5.41, 5.74) is -0.935. The van der Waals surface area contributed by atoms with Crippen molar-refractivity contribution in [2.45, 2.75) is 12.6 Å². The summed E-state index contributed by atoms with van der Waals surface area (Å²) in [7, 11) is 3.75. The summed E-state index contributed by atoms with van der Waals surface area (Å²) in [6.07, 6.45) is -3.53. The van der Waals surface area contributed by atoms with Crippen LogP contribution in [0.1, 0.15) is 22.3 Å². The molecule has 0 bridgehead atoms. The van der Waals surface area contributed by atoms with Gasteiger partial charge in [0.1, 0.15) is 12.0 Å². The fraction of sp³-hybridized carbons (Fsp3) is 0.462. The van der Waals surface area contributed by atoms with E-state index in [-0.39, 0.29) is 17.9 Å². The number of hydrogen-bond acceptors (Lipinski definition) is 3. The van der Waals surface area contributed by atoms with Gasteiger partial charge in [0.15, 0.2) is 0 Å². The molecule has 0 heterocycles. The van der Waals surface area contributed by atoms with E-state index >= 15 is 0 Å². The summed E-state index contributed by atoms with van der Waals surface area (Å²) < 4.78 is 43.5. The molecule has 0 fully saturated rings. The molecule has 0 spiro atoms. The van der Waals surface area contributed by atoms with E-state index in [1.807, 2.05) is 19.0 Å². The zero-order valence-corrected chi connectivity index (χ0v) is 10.8. The molecule has 0 saturated carbocycles. The lowest BCUT2D eigenvalue weighted by atomic mass is 10.1. The van der Waals surface area contributed by atoms with E-state index in [0.29, 0.717) is 12.7 Å². The Morgan fingerprint density at radius 1 is 1.32 bits per heavy atom. The fourth-order valence-electron chi connectivity index (χ4n) is 1.53. The van der Waals surface area contributed by atoms with Gasteiger partial charge in [-0.3, -0.25) is 4.79 Å². The van der Waals surface area contributed by atoms with Gasteiger partial charge in [0.05, 0.1) is 12.2 Å². The van der Waals surface area contributed by atoms with E-state index in [9.17, 15) is 18.0 Å². The minimum absolute atomic E-state index is 0.0204. The summed E-state index contributed by atoms with van der Waals surface area (Å²) in [5, 5.41) is 0. The summed E-state index contributed by atoms with van der Waals surface area (Å²) in [6, 6.07) is 3.29. The first kappa shape index (κ1) is 15.5. The number of rotatable bonds is 6. The van der Waals surface area contributed by atoms with Crippen molar-refractivity contribution in [3.63, 3.8) is 0 Å². The van der Waals surface area contributed by atoms with Gasteiger partial charge >= 0.3 is 6.18 Å². The van der Waals surface area contributed by atoms with Crippen LogP contribution in [0.15, 0.2) is 18.2 Å². The van der Waals surface area contributed by atoms with Crippen molar-refractivity contribution in [3.8, 4) is 5.75 Å². The molecule has 0 unspecified atom stereocenters. The molecule has 0 aliphatic heterocycles. The van der Waals surface area contributed by atoms with Crippen molar-refractivity contribution >= 4 is 6.29 Å². The highest BCUT2D eigenvalue weighted by atomic mass is 19.4. The Kier molecular flexibility index (Phi) is 5.35. The molecule has 0 aromatic heterocycles. The smallest absolute Gasteiger partial charge is 0.419 e. The van der Waals surface area contributed by atoms with E-state index in [1.165, 1.54) is 12.1 Å². The van der Waals surface area contributed by atoms with Gasteiger partial charge < -0.3 is 9.64 Å². The molecule has 0 radical (unpaired) electrons. The number of hydrogen-bond donors (Lipinski definition) is 0. The summed E-state index contributed by atoms with van der Waals surface area (Å²) in [5.74, 6) is -0.239. The molecule has 0 aliphatic carbocycles. The second-order valence-corrected chi connectivity index (χ2v) is 4.38. The van der Waals surface area contributed by atoms with E-state index in [1.54, 1.807) is 0 Å². The molecule has 6 heteroatoms. The highest BCUT2D eigenvalue weighted by Gasteiger charge is 2.34. The normalized spacial score (nSPS) is 11.7. The zero-order valence-electron chi connectivity index (χ0n) is 10.8. The molecule has 0 amide bonds. The number of alkyl halides is 3. The van der Waals surface area contributed by atoms with Crippen LogP contribution in [0.5, 0.6) is 5.75 Å². The minimum Gasteiger partial charge on any atom is -0.493 e. The molecule has 1 aromatic rings. The molecule has 0 atom stereocenters. The number of carbonyl (C=O) groups is 1. The van der Waals surface area contributed by atoms with Gasteiger partial charge in [-0.15, -0.1) is 0 Å². The summed E-state index contributed by atoms with van der Waals surface area (Å²) >= 11 is 0. The van der Waals surface area contributed by atoms with Crippen LogP contribution in [0.25, 0.3) is 0 Å². The number of halogens is 3. The molecule has 0 saturated heterocycles. The van der Waals surface area contributed by atoms with Gasteiger partial charge in [-0.25, -0.2) is 0 Å². The standard InChI is InChI=1S/C13H16F3NO2/c1-17(2)6-3-7-19-12-5-4-10(9-18)8-11(12)13(14,15)16/h4-5,8-9H,3,6-7H2,1-2H3. The SMILES string of the molecule is CN(C)CCCOc1ccc(C=O)cc1C(F)(F)F. The maximum Gasteiger partial charge on any atom is 0.419 e. The van der Waals surface area contributed by atoms with Crippen molar-refractivity contribution in [3.05, 3.63) is 29.3 Å². The van der Waals surface area contributed by atoms with Gasteiger partial charge in [-0.2, -0.15) is 13.2 Å². The predicted octanol–water partition coefficient (Wildman–Crippen LogP) is 2.85. The number of carbonyl (C=O) groups excluding carboxylic acids is 1. The summed E-state index contributed by atoms with van der Waals surface area (Å²) in [6.45, 7) is 0.926. The molecule has 3 nitrogen and oxygen atoms in total. The van der Waals surface area contributed by atoms with Crippen LogP contribution < -0.4 is 4.74 Å². The molecule has 19 heavy (non-hydrogen) atoms. The average molecular weight is 275 g/mol. The van der Waals surface area contributed by atoms with Crippen LogP contribution in [0.3, 0.4) is 0 Å². The first-order chi connectivity index (χ1) is 8.84. The average Bonchev–Trinajstić information content (AvgIpc) is 2.33. The highest BCUT2D eigenvalue weighted by molar-refractivity contribution is 5.75. The van der Waals surface area contributed by atoms with E-state index in [2.05, 4.69) is 0 Å². The van der Waals surface area contributed by atoms with Crippen LogP contribution in [0, 0.1) is 0 Å². The van der Waals surface area contributed by atoms with Gasteiger partial charge in [-0.05, 0) is 38.7 Å². The lowest BCUT2D eigenvalue weighted by Gasteiger charge is -2.15. The number of aldehydes is 1. The topological polar surface area (TPSA) is 29.5 Å². The minimum atomic E-state index is -4.53. The van der Waals surface area contributed by atoms with Crippen molar-refractivity contribution in [1.29, 1.82) is 0 Å². The van der Waals surface area contributed by atoms with Gasteiger partial charge in [0.2, 0.25) is 0 Å². The predicted molar refractivity (Wildman–Crippen MR) is 65.5 cm³/mol. The van der Waals surface area contributed by atoms with Crippen molar-refractivity contribution in [2.75, 3.05) is 27.2 Å². The van der Waals surface area contributed by atoms with E-state index < -0.39 is 11.7 Å². The molecule has 0 aliphatic rings. The molecule has 106 valence electrons. The van der Waals surface area contributed by atoms with Crippen LogP contribution in [0.4, 0.5) is 13.2 Å². The maximum atomic E-state index is 12.8. The second kappa shape index (κ2) is 6.56. The second-order valence-electron chi connectivity index (χ2n) is 4.38. The van der Waals surface area contributed by atoms with Crippen LogP contribution in [-0.2, 0) is 6.18 Å². The first-order valence-corrected chi connectivity index (χ1v) is 5.78. The van der Waals surface area contributed by atoms with Crippen molar-refractivity contribution < 1.29 is 22.7 Å². The summed E-state index contributed by atoms with van der Waals surface area (Å²) in [4.78, 5) is 12.4. The zero-order chi connectivity index (χ0) is 14.5. The Morgan fingerprint density at radius 2 is 2.00 bits per heavy atom. The van der Waals surface area contributed by atoms with Crippen LogP contribution in [-0.4, -0.2) is 38.4 Å². The third-order valence-electron chi connectivity index (χ3n) is 2.45. The number of benzene rings is 1. The van der Waals surface area contributed by atoms with Crippen molar-refractivity contribution in [1.82, 2.24) is 4.90 Å². The van der Waals surface area contributed by atoms with Crippen molar-refractivity contribution in [2.24, 2.45) is 0 Å². The Labute approximate surface area is 110 Å². The number of nitrogens with zero attached hydrogens (tertiary/aromatic N) is 1. The van der Waals surface area contributed by atoms with Gasteiger partial charge in [-0.1, -0.05) is 0 Å². The largest absolute Gasteiger partial charge is 0.493 e. The lowest BCUT2D eigenvalue weighted by Crippen LogP contribution is -2.16. The third-order valence-corrected chi connectivity index (χ3v) is 2.45. The van der Waals surface area contributed by atoms with E-state index in [0.717, 1.165) is 12.6 Å². The Bertz CT molecular complexity index is 430. The molecule has 0 N–H and O–H groups in total. The maximum absolute atomic E-state index is 12.8. The number of ether oxygens (including phenoxy) is 1. The first-order valence-electron chi connectivity index (χ1n) is 5.78. The molecule has 1 rings (SSSR count). The molecular weight excluding hydrogens is 259 g/mol. The lowest BCUT2D eigenvalue weighted by molar-refractivity contribution is -0.139. The Morgan fingerprint density at radius 3 is 2.53 bits per heavy atom.